The van der Waals surface area contributed by atoms with Crippen LogP contribution >= 0.6 is 11.3 Å². The van der Waals surface area contributed by atoms with Gasteiger partial charge in [0.15, 0.2) is 5.78 Å². The van der Waals surface area contributed by atoms with Crippen LogP contribution in [0.3, 0.4) is 0 Å². The van der Waals surface area contributed by atoms with Crippen LogP contribution in [0.2, 0.25) is 0 Å². The zero-order valence-corrected chi connectivity index (χ0v) is 13.5. The number of hydrogen-bond acceptors (Lipinski definition) is 5. The summed E-state index contributed by atoms with van der Waals surface area (Å²) in [4.78, 5) is 25.1. The number of fused-ring (bicyclic) bond motifs is 1. The van der Waals surface area contributed by atoms with Crippen LogP contribution in [0.1, 0.15) is 15.9 Å². The van der Waals surface area contributed by atoms with E-state index in [1.807, 2.05) is 36.5 Å². The maximum Gasteiger partial charge on any atom is 0.168 e. The molecule has 0 aliphatic carbocycles. The summed E-state index contributed by atoms with van der Waals surface area (Å²) in [7, 11) is 0. The van der Waals surface area contributed by atoms with E-state index in [-0.39, 0.29) is 5.78 Å². The third kappa shape index (κ3) is 2.94. The minimum atomic E-state index is 0.0637. The quantitative estimate of drug-likeness (QED) is 0.526. The number of aromatic nitrogens is 3. The first kappa shape index (κ1) is 14.7. The second-order valence-electron chi connectivity index (χ2n) is 5.40. The fourth-order valence-corrected chi connectivity index (χ4v) is 3.46. The molecular formula is C19H13N3OS. The molecule has 0 aliphatic rings. The van der Waals surface area contributed by atoms with Crippen molar-refractivity contribution in [3.05, 3.63) is 78.4 Å². The first-order chi connectivity index (χ1) is 11.8. The molecule has 4 nitrogen and oxygen atoms in total. The summed E-state index contributed by atoms with van der Waals surface area (Å²) in [5.41, 5.74) is 3.57. The summed E-state index contributed by atoms with van der Waals surface area (Å²) < 4.78 is 1.06. The number of Topliss-reactive ketones (excluding diaryl/α,β-unsaturated/α-hetero) is 1. The Morgan fingerprint density at radius 1 is 1.00 bits per heavy atom. The molecule has 0 spiro atoms. The van der Waals surface area contributed by atoms with Crippen LogP contribution in [0.15, 0.2) is 67.3 Å². The summed E-state index contributed by atoms with van der Waals surface area (Å²) in [5.74, 6) is 0.0637. The van der Waals surface area contributed by atoms with E-state index in [4.69, 9.17) is 0 Å². The molecule has 0 N–H and O–H groups in total. The van der Waals surface area contributed by atoms with Gasteiger partial charge in [-0.15, -0.1) is 11.3 Å². The highest BCUT2D eigenvalue weighted by atomic mass is 32.1. The van der Waals surface area contributed by atoms with Gasteiger partial charge in [0, 0.05) is 42.3 Å². The summed E-state index contributed by atoms with van der Waals surface area (Å²) in [6.45, 7) is 0. The molecular weight excluding hydrogens is 318 g/mol. The van der Waals surface area contributed by atoms with E-state index in [0.29, 0.717) is 12.0 Å². The van der Waals surface area contributed by atoms with Crippen LogP contribution in [0.25, 0.3) is 20.8 Å². The van der Waals surface area contributed by atoms with Crippen LogP contribution < -0.4 is 0 Å². The average molecular weight is 331 g/mol. The van der Waals surface area contributed by atoms with Crippen molar-refractivity contribution in [3.8, 4) is 10.6 Å². The number of carbonyl (C=O) groups excluding carboxylic acids is 1. The van der Waals surface area contributed by atoms with E-state index >= 15 is 0 Å². The van der Waals surface area contributed by atoms with Crippen LogP contribution in [0.4, 0.5) is 0 Å². The molecule has 5 heteroatoms. The van der Waals surface area contributed by atoms with Gasteiger partial charge in [0.2, 0.25) is 0 Å². The van der Waals surface area contributed by atoms with Gasteiger partial charge in [-0.2, -0.15) is 0 Å². The molecule has 0 saturated heterocycles. The molecule has 3 aromatic heterocycles. The lowest BCUT2D eigenvalue weighted by molar-refractivity contribution is 0.0992. The molecule has 3 heterocycles. The van der Waals surface area contributed by atoms with Gasteiger partial charge in [0.05, 0.1) is 10.2 Å². The number of hydrogen-bond donors (Lipinski definition) is 0. The lowest BCUT2D eigenvalue weighted by Crippen LogP contribution is -2.03. The highest BCUT2D eigenvalue weighted by molar-refractivity contribution is 7.21. The van der Waals surface area contributed by atoms with Gasteiger partial charge in [-0.3, -0.25) is 14.8 Å². The molecule has 4 aromatic rings. The maximum absolute atomic E-state index is 12.3. The molecule has 0 aliphatic heterocycles. The third-order valence-electron chi connectivity index (χ3n) is 3.71. The molecule has 0 unspecified atom stereocenters. The van der Waals surface area contributed by atoms with Crippen LogP contribution in [-0.2, 0) is 6.42 Å². The molecule has 0 saturated carbocycles. The molecule has 0 amide bonds. The van der Waals surface area contributed by atoms with Gasteiger partial charge >= 0.3 is 0 Å². The number of rotatable bonds is 4. The number of carbonyl (C=O) groups is 1. The first-order valence-electron chi connectivity index (χ1n) is 7.53. The lowest BCUT2D eigenvalue weighted by atomic mass is 10.0. The Morgan fingerprint density at radius 2 is 1.92 bits per heavy atom. The van der Waals surface area contributed by atoms with Crippen LogP contribution in [-0.4, -0.2) is 20.7 Å². The number of thiazole rings is 1. The summed E-state index contributed by atoms with van der Waals surface area (Å²) in [5, 5.41) is 0.939. The van der Waals surface area contributed by atoms with E-state index < -0.39 is 0 Å². The van der Waals surface area contributed by atoms with Crippen molar-refractivity contribution in [2.45, 2.75) is 6.42 Å². The van der Waals surface area contributed by atoms with E-state index in [0.717, 1.165) is 26.4 Å². The fraction of sp³-hybridized carbons (Fsp3) is 0.0526. The van der Waals surface area contributed by atoms with E-state index in [2.05, 4.69) is 15.0 Å². The Balaban J connectivity index is 1.63. The van der Waals surface area contributed by atoms with E-state index in [9.17, 15) is 4.79 Å². The normalized spacial score (nSPS) is 10.8. The summed E-state index contributed by atoms with van der Waals surface area (Å²) in [6.07, 6.45) is 7.19. The zero-order valence-electron chi connectivity index (χ0n) is 12.7. The van der Waals surface area contributed by atoms with Gasteiger partial charge in [-0.1, -0.05) is 18.2 Å². The number of ketones is 1. The van der Waals surface area contributed by atoms with Crippen molar-refractivity contribution >= 4 is 27.3 Å². The van der Waals surface area contributed by atoms with Gasteiger partial charge in [-0.25, -0.2) is 4.98 Å². The number of pyridine rings is 2. The van der Waals surface area contributed by atoms with Crippen molar-refractivity contribution in [1.82, 2.24) is 15.0 Å². The van der Waals surface area contributed by atoms with Crippen molar-refractivity contribution < 1.29 is 4.79 Å². The predicted octanol–water partition coefficient (Wildman–Crippen LogP) is 4.18. The molecule has 0 atom stereocenters. The topological polar surface area (TPSA) is 55.7 Å². The molecule has 4 rings (SSSR count). The minimum absolute atomic E-state index is 0.0637. The summed E-state index contributed by atoms with van der Waals surface area (Å²) >= 11 is 1.61. The molecule has 24 heavy (non-hydrogen) atoms. The Morgan fingerprint density at radius 3 is 2.75 bits per heavy atom. The average Bonchev–Trinajstić information content (AvgIpc) is 3.07. The van der Waals surface area contributed by atoms with E-state index in [1.54, 1.807) is 42.1 Å². The Labute approximate surface area is 142 Å². The Hall–Kier alpha value is -2.92. The van der Waals surface area contributed by atoms with Crippen molar-refractivity contribution in [1.29, 1.82) is 0 Å². The highest BCUT2D eigenvalue weighted by Gasteiger charge is 2.10. The Bertz CT molecular complexity index is 978. The van der Waals surface area contributed by atoms with Gasteiger partial charge in [0.25, 0.3) is 0 Å². The van der Waals surface area contributed by atoms with Crippen molar-refractivity contribution in [3.63, 3.8) is 0 Å². The minimum Gasteiger partial charge on any atom is -0.294 e. The zero-order chi connectivity index (χ0) is 16.4. The van der Waals surface area contributed by atoms with Gasteiger partial charge < -0.3 is 0 Å². The monoisotopic (exact) mass is 331 g/mol. The molecule has 0 bridgehead atoms. The standard InChI is InChI=1S/C19H13N3OS/c23-17(15-5-2-7-20-11-15)10-13-3-1-4-14(9-13)19-22-16-6-8-21-12-18(16)24-19/h1-9,11-12H,10H2. The van der Waals surface area contributed by atoms with Crippen LogP contribution in [0.5, 0.6) is 0 Å². The number of nitrogens with zero attached hydrogens (tertiary/aromatic N) is 3. The second-order valence-corrected chi connectivity index (χ2v) is 6.44. The smallest absolute Gasteiger partial charge is 0.168 e. The van der Waals surface area contributed by atoms with Gasteiger partial charge in [0.1, 0.15) is 5.01 Å². The van der Waals surface area contributed by atoms with Crippen LogP contribution in [0, 0.1) is 0 Å². The lowest BCUT2D eigenvalue weighted by Gasteiger charge is -2.03. The molecule has 0 fully saturated rings. The van der Waals surface area contributed by atoms with Crippen molar-refractivity contribution in [2.24, 2.45) is 0 Å². The summed E-state index contributed by atoms with van der Waals surface area (Å²) in [6, 6.07) is 13.4. The van der Waals surface area contributed by atoms with E-state index in [1.165, 1.54) is 0 Å². The Kier molecular flexibility index (Phi) is 3.84. The second kappa shape index (κ2) is 6.29. The third-order valence-corrected chi connectivity index (χ3v) is 4.77. The largest absolute Gasteiger partial charge is 0.294 e. The first-order valence-corrected chi connectivity index (χ1v) is 8.34. The predicted molar refractivity (Wildman–Crippen MR) is 95.1 cm³/mol. The molecule has 0 radical (unpaired) electrons. The number of benzene rings is 1. The molecule has 116 valence electrons. The molecule has 1 aromatic carbocycles. The van der Waals surface area contributed by atoms with Gasteiger partial charge in [-0.05, 0) is 29.8 Å². The SMILES string of the molecule is O=C(Cc1cccc(-c2nc3ccncc3s2)c1)c1cccnc1. The van der Waals surface area contributed by atoms with Crippen molar-refractivity contribution in [2.75, 3.05) is 0 Å². The fourth-order valence-electron chi connectivity index (χ4n) is 2.53. The maximum atomic E-state index is 12.3. The highest BCUT2D eigenvalue weighted by Crippen LogP contribution is 2.30.